The van der Waals surface area contributed by atoms with Crippen molar-refractivity contribution in [3.63, 3.8) is 0 Å². The molecule has 0 saturated heterocycles. The molecule has 1 aliphatic rings. The molecule has 0 spiro atoms. The SMILES string of the molecule is Cc1ccc(C(NC2CCCCC2)C(=O)O)cc1. The van der Waals surface area contributed by atoms with E-state index in [4.69, 9.17) is 0 Å². The maximum atomic E-state index is 11.4. The van der Waals surface area contributed by atoms with E-state index in [0.29, 0.717) is 6.04 Å². The molecule has 1 saturated carbocycles. The van der Waals surface area contributed by atoms with Crippen LogP contribution in [0.2, 0.25) is 0 Å². The molecule has 2 rings (SSSR count). The van der Waals surface area contributed by atoms with Gasteiger partial charge < -0.3 is 5.11 Å². The second-order valence-corrected chi connectivity index (χ2v) is 5.18. The molecular formula is C15H21NO2. The minimum Gasteiger partial charge on any atom is -0.480 e. The summed E-state index contributed by atoms with van der Waals surface area (Å²) in [6, 6.07) is 7.52. The van der Waals surface area contributed by atoms with E-state index in [9.17, 15) is 9.90 Å². The average molecular weight is 247 g/mol. The molecular weight excluding hydrogens is 226 g/mol. The molecule has 0 aliphatic heterocycles. The highest BCUT2D eigenvalue weighted by atomic mass is 16.4. The van der Waals surface area contributed by atoms with Gasteiger partial charge in [0.1, 0.15) is 6.04 Å². The zero-order valence-corrected chi connectivity index (χ0v) is 10.9. The zero-order chi connectivity index (χ0) is 13.0. The Bertz CT molecular complexity index is 393. The maximum absolute atomic E-state index is 11.4. The van der Waals surface area contributed by atoms with Crippen molar-refractivity contribution >= 4 is 5.97 Å². The first-order valence-electron chi connectivity index (χ1n) is 6.72. The Morgan fingerprint density at radius 1 is 1.22 bits per heavy atom. The Hall–Kier alpha value is -1.35. The van der Waals surface area contributed by atoms with Crippen LogP contribution in [0.5, 0.6) is 0 Å². The molecule has 3 heteroatoms. The zero-order valence-electron chi connectivity index (χ0n) is 10.9. The first-order valence-corrected chi connectivity index (χ1v) is 6.72. The van der Waals surface area contributed by atoms with Crippen LogP contribution in [0, 0.1) is 6.92 Å². The number of hydrogen-bond acceptors (Lipinski definition) is 2. The van der Waals surface area contributed by atoms with Gasteiger partial charge in [0.25, 0.3) is 0 Å². The standard InChI is InChI=1S/C15H21NO2/c1-11-7-9-12(10-8-11)14(15(17)18)16-13-5-3-2-4-6-13/h7-10,13-14,16H,2-6H2,1H3,(H,17,18). The summed E-state index contributed by atoms with van der Waals surface area (Å²) in [5.74, 6) is -0.788. The molecule has 0 heterocycles. The quantitative estimate of drug-likeness (QED) is 0.859. The Kier molecular flexibility index (Phi) is 4.37. The fraction of sp³-hybridized carbons (Fsp3) is 0.533. The highest BCUT2D eigenvalue weighted by molar-refractivity contribution is 5.75. The molecule has 1 aromatic carbocycles. The molecule has 1 atom stereocenters. The smallest absolute Gasteiger partial charge is 0.325 e. The van der Waals surface area contributed by atoms with Crippen molar-refractivity contribution in [2.45, 2.75) is 51.1 Å². The van der Waals surface area contributed by atoms with Crippen LogP contribution in [0.4, 0.5) is 0 Å². The van der Waals surface area contributed by atoms with Gasteiger partial charge in [0.2, 0.25) is 0 Å². The molecule has 2 N–H and O–H groups in total. The van der Waals surface area contributed by atoms with E-state index in [2.05, 4.69) is 5.32 Å². The predicted molar refractivity (Wildman–Crippen MR) is 71.6 cm³/mol. The molecule has 0 radical (unpaired) electrons. The summed E-state index contributed by atoms with van der Waals surface area (Å²) in [6.45, 7) is 2.01. The average Bonchev–Trinajstić information content (AvgIpc) is 2.38. The number of nitrogens with one attached hydrogen (secondary N) is 1. The lowest BCUT2D eigenvalue weighted by Gasteiger charge is -2.26. The number of carbonyl (C=O) groups is 1. The molecule has 1 unspecified atom stereocenters. The van der Waals surface area contributed by atoms with Gasteiger partial charge in [0.05, 0.1) is 0 Å². The Morgan fingerprint density at radius 2 is 1.83 bits per heavy atom. The molecule has 98 valence electrons. The van der Waals surface area contributed by atoms with Gasteiger partial charge in [-0.15, -0.1) is 0 Å². The monoisotopic (exact) mass is 247 g/mol. The van der Waals surface area contributed by atoms with Crippen LogP contribution in [-0.2, 0) is 4.79 Å². The fourth-order valence-corrected chi connectivity index (χ4v) is 2.57. The largest absolute Gasteiger partial charge is 0.480 e. The topological polar surface area (TPSA) is 49.3 Å². The van der Waals surface area contributed by atoms with Gasteiger partial charge in [-0.3, -0.25) is 10.1 Å². The number of aliphatic carboxylic acids is 1. The van der Waals surface area contributed by atoms with Crippen molar-refractivity contribution in [3.05, 3.63) is 35.4 Å². The highest BCUT2D eigenvalue weighted by Gasteiger charge is 2.24. The third-order valence-corrected chi connectivity index (χ3v) is 3.67. The van der Waals surface area contributed by atoms with Crippen molar-refractivity contribution in [3.8, 4) is 0 Å². The van der Waals surface area contributed by atoms with E-state index in [-0.39, 0.29) is 0 Å². The summed E-state index contributed by atoms with van der Waals surface area (Å²) in [4.78, 5) is 11.4. The second kappa shape index (κ2) is 6.01. The molecule has 1 fully saturated rings. The van der Waals surface area contributed by atoms with E-state index in [1.54, 1.807) is 0 Å². The summed E-state index contributed by atoms with van der Waals surface area (Å²) in [5.41, 5.74) is 2.00. The van der Waals surface area contributed by atoms with Crippen molar-refractivity contribution < 1.29 is 9.90 Å². The lowest BCUT2D eigenvalue weighted by molar-refractivity contribution is -0.140. The van der Waals surface area contributed by atoms with Gasteiger partial charge >= 0.3 is 5.97 Å². The molecule has 0 aromatic heterocycles. The Balaban J connectivity index is 2.07. The lowest BCUT2D eigenvalue weighted by Crippen LogP contribution is -2.38. The van der Waals surface area contributed by atoms with Crippen LogP contribution in [0.15, 0.2) is 24.3 Å². The van der Waals surface area contributed by atoms with Crippen LogP contribution < -0.4 is 5.32 Å². The third kappa shape index (κ3) is 3.33. The van der Waals surface area contributed by atoms with Gasteiger partial charge in [-0.05, 0) is 25.3 Å². The van der Waals surface area contributed by atoms with Crippen LogP contribution in [0.1, 0.15) is 49.3 Å². The number of aryl methyl sites for hydroxylation is 1. The Morgan fingerprint density at radius 3 is 2.39 bits per heavy atom. The molecule has 1 aliphatic carbocycles. The summed E-state index contributed by atoms with van der Waals surface area (Å²) < 4.78 is 0. The molecule has 3 nitrogen and oxygen atoms in total. The normalized spacial score (nSPS) is 18.5. The summed E-state index contributed by atoms with van der Waals surface area (Å²) in [7, 11) is 0. The van der Waals surface area contributed by atoms with Gasteiger partial charge in [0, 0.05) is 6.04 Å². The van der Waals surface area contributed by atoms with E-state index in [1.165, 1.54) is 19.3 Å². The van der Waals surface area contributed by atoms with E-state index < -0.39 is 12.0 Å². The molecule has 0 amide bonds. The van der Waals surface area contributed by atoms with Crippen LogP contribution in [0.25, 0.3) is 0 Å². The summed E-state index contributed by atoms with van der Waals surface area (Å²) in [5, 5.41) is 12.7. The number of hydrogen-bond donors (Lipinski definition) is 2. The van der Waals surface area contributed by atoms with E-state index in [0.717, 1.165) is 24.0 Å². The predicted octanol–water partition coefficient (Wildman–Crippen LogP) is 3.04. The van der Waals surface area contributed by atoms with Gasteiger partial charge in [-0.2, -0.15) is 0 Å². The van der Waals surface area contributed by atoms with Gasteiger partial charge in [0.15, 0.2) is 0 Å². The molecule has 1 aromatic rings. The fourth-order valence-electron chi connectivity index (χ4n) is 2.57. The first-order chi connectivity index (χ1) is 8.66. The number of benzene rings is 1. The minimum absolute atomic E-state index is 0.348. The van der Waals surface area contributed by atoms with Crippen molar-refractivity contribution in [1.29, 1.82) is 0 Å². The molecule has 0 bridgehead atoms. The van der Waals surface area contributed by atoms with Gasteiger partial charge in [-0.1, -0.05) is 49.1 Å². The number of rotatable bonds is 4. The van der Waals surface area contributed by atoms with Crippen LogP contribution in [0.3, 0.4) is 0 Å². The number of carboxylic acid groups (broad SMARTS) is 1. The lowest BCUT2D eigenvalue weighted by atomic mass is 9.94. The van der Waals surface area contributed by atoms with E-state index >= 15 is 0 Å². The minimum atomic E-state index is -0.788. The second-order valence-electron chi connectivity index (χ2n) is 5.18. The summed E-state index contributed by atoms with van der Waals surface area (Å²) >= 11 is 0. The van der Waals surface area contributed by atoms with Crippen molar-refractivity contribution in [1.82, 2.24) is 5.32 Å². The van der Waals surface area contributed by atoms with Gasteiger partial charge in [-0.25, -0.2) is 0 Å². The van der Waals surface area contributed by atoms with E-state index in [1.807, 2.05) is 31.2 Å². The van der Waals surface area contributed by atoms with Crippen molar-refractivity contribution in [2.75, 3.05) is 0 Å². The molecule has 18 heavy (non-hydrogen) atoms. The summed E-state index contributed by atoms with van der Waals surface area (Å²) in [6.07, 6.45) is 5.88. The maximum Gasteiger partial charge on any atom is 0.325 e. The van der Waals surface area contributed by atoms with Crippen LogP contribution in [-0.4, -0.2) is 17.1 Å². The van der Waals surface area contributed by atoms with Crippen LogP contribution >= 0.6 is 0 Å². The highest BCUT2D eigenvalue weighted by Crippen LogP contribution is 2.22. The van der Waals surface area contributed by atoms with Crippen molar-refractivity contribution in [2.24, 2.45) is 0 Å². The third-order valence-electron chi connectivity index (χ3n) is 3.67. The number of carboxylic acids is 1. The Labute approximate surface area is 108 Å². The first kappa shape index (κ1) is 13.1.